The minimum absolute atomic E-state index is 0.146. The first kappa shape index (κ1) is 13.8. The van der Waals surface area contributed by atoms with Gasteiger partial charge < -0.3 is 10.7 Å². The van der Waals surface area contributed by atoms with E-state index in [2.05, 4.69) is 27.6 Å². The lowest BCUT2D eigenvalue weighted by molar-refractivity contribution is 0.0941. The van der Waals surface area contributed by atoms with Crippen LogP contribution in [0.5, 0.6) is 0 Å². The molecule has 0 aromatic carbocycles. The summed E-state index contributed by atoms with van der Waals surface area (Å²) < 4.78 is 0. The highest BCUT2D eigenvalue weighted by molar-refractivity contribution is 5.98. The molecular weight excluding hydrogens is 242 g/mol. The minimum Gasteiger partial charge on any atom is -0.350 e. The molecule has 1 aromatic heterocycles. The Morgan fingerprint density at radius 1 is 1.53 bits per heavy atom. The van der Waals surface area contributed by atoms with Gasteiger partial charge in [0.1, 0.15) is 0 Å². The van der Waals surface area contributed by atoms with Gasteiger partial charge in [0, 0.05) is 18.8 Å². The normalized spacial score (nSPS) is 17.2. The van der Waals surface area contributed by atoms with Crippen molar-refractivity contribution in [2.45, 2.75) is 25.8 Å². The van der Waals surface area contributed by atoms with Crippen LogP contribution in [-0.4, -0.2) is 41.5 Å². The van der Waals surface area contributed by atoms with Gasteiger partial charge in [-0.2, -0.15) is 0 Å². The lowest BCUT2D eigenvalue weighted by atomic mass is 10.2. The largest absolute Gasteiger partial charge is 0.350 e. The van der Waals surface area contributed by atoms with Crippen LogP contribution in [0.1, 0.15) is 30.1 Å². The first-order valence-electron chi connectivity index (χ1n) is 6.66. The highest BCUT2D eigenvalue weighted by Crippen LogP contribution is 2.12. The number of carbonyl (C=O) groups is 1. The minimum atomic E-state index is -0.146. The lowest BCUT2D eigenvalue weighted by Gasteiger charge is -2.23. The van der Waals surface area contributed by atoms with Gasteiger partial charge in [-0.3, -0.25) is 9.69 Å². The molecule has 2 rings (SSSR count). The first-order valence-corrected chi connectivity index (χ1v) is 6.66. The van der Waals surface area contributed by atoms with Crippen molar-refractivity contribution < 1.29 is 4.79 Å². The van der Waals surface area contributed by atoms with Crippen molar-refractivity contribution in [2.24, 2.45) is 5.84 Å². The smallest absolute Gasteiger partial charge is 0.255 e. The van der Waals surface area contributed by atoms with Gasteiger partial charge in [-0.05, 0) is 45.0 Å². The first-order chi connectivity index (χ1) is 9.22. The second kappa shape index (κ2) is 6.49. The molecule has 1 unspecified atom stereocenters. The molecule has 0 saturated carbocycles. The summed E-state index contributed by atoms with van der Waals surface area (Å²) in [6.07, 6.45) is 4.10. The van der Waals surface area contributed by atoms with E-state index in [1.54, 1.807) is 18.3 Å². The van der Waals surface area contributed by atoms with E-state index in [4.69, 9.17) is 5.84 Å². The molecule has 1 aromatic rings. The molecule has 2 heterocycles. The fraction of sp³-hybridized carbons (Fsp3) is 0.538. The van der Waals surface area contributed by atoms with Crippen molar-refractivity contribution in [1.82, 2.24) is 15.2 Å². The molecule has 6 nitrogen and oxygen atoms in total. The Morgan fingerprint density at radius 2 is 2.26 bits per heavy atom. The van der Waals surface area contributed by atoms with E-state index in [-0.39, 0.29) is 5.91 Å². The van der Waals surface area contributed by atoms with Gasteiger partial charge >= 0.3 is 0 Å². The number of pyridine rings is 1. The predicted octanol–water partition coefficient (Wildman–Crippen LogP) is 0.581. The number of nitrogens with two attached hydrogens (primary N) is 1. The number of amides is 1. The molecule has 1 amide bonds. The summed E-state index contributed by atoms with van der Waals surface area (Å²) >= 11 is 0. The monoisotopic (exact) mass is 263 g/mol. The molecule has 1 saturated heterocycles. The Hall–Kier alpha value is -1.66. The molecule has 0 bridgehead atoms. The Kier molecular flexibility index (Phi) is 4.70. The van der Waals surface area contributed by atoms with Crippen LogP contribution >= 0.6 is 0 Å². The van der Waals surface area contributed by atoms with E-state index in [0.29, 0.717) is 24.0 Å². The van der Waals surface area contributed by atoms with Gasteiger partial charge in [0.2, 0.25) is 0 Å². The molecule has 6 heteroatoms. The van der Waals surface area contributed by atoms with Crippen LogP contribution in [0.3, 0.4) is 0 Å². The number of hydrazine groups is 1. The van der Waals surface area contributed by atoms with Crippen LogP contribution < -0.4 is 16.6 Å². The molecule has 0 aliphatic carbocycles. The van der Waals surface area contributed by atoms with Crippen molar-refractivity contribution in [3.63, 3.8) is 0 Å². The Balaban J connectivity index is 1.90. The number of rotatable bonds is 5. The zero-order chi connectivity index (χ0) is 13.7. The predicted molar refractivity (Wildman–Crippen MR) is 74.6 cm³/mol. The third-order valence-corrected chi connectivity index (χ3v) is 3.51. The van der Waals surface area contributed by atoms with Gasteiger partial charge in [-0.15, -0.1) is 0 Å². The van der Waals surface area contributed by atoms with Crippen molar-refractivity contribution in [2.75, 3.05) is 25.1 Å². The van der Waals surface area contributed by atoms with E-state index in [1.807, 2.05) is 0 Å². The fourth-order valence-corrected chi connectivity index (χ4v) is 2.35. The summed E-state index contributed by atoms with van der Waals surface area (Å²) in [5.41, 5.74) is 2.91. The standard InChI is InChI=1S/C13H21N5O/c1-10(18-7-2-3-8-18)9-16-13(19)11-5-4-6-15-12(11)17-14/h4-6,10H,2-3,7-9,14H2,1H3,(H,15,17)(H,16,19). The quantitative estimate of drug-likeness (QED) is 0.535. The molecule has 1 aliphatic rings. The summed E-state index contributed by atoms with van der Waals surface area (Å²) in [6, 6.07) is 3.79. The number of aromatic nitrogens is 1. The number of hydrogen-bond acceptors (Lipinski definition) is 5. The maximum Gasteiger partial charge on any atom is 0.255 e. The molecule has 0 spiro atoms. The average Bonchev–Trinajstić information content (AvgIpc) is 2.98. The average molecular weight is 263 g/mol. The zero-order valence-corrected chi connectivity index (χ0v) is 11.2. The second-order valence-corrected chi connectivity index (χ2v) is 4.85. The second-order valence-electron chi connectivity index (χ2n) is 4.85. The number of likely N-dealkylation sites (tertiary alicyclic amines) is 1. The molecule has 1 atom stereocenters. The van der Waals surface area contributed by atoms with Crippen molar-refractivity contribution in [3.05, 3.63) is 23.9 Å². The Morgan fingerprint density at radius 3 is 2.95 bits per heavy atom. The van der Waals surface area contributed by atoms with Crippen LogP contribution in [0, 0.1) is 0 Å². The van der Waals surface area contributed by atoms with E-state index < -0.39 is 0 Å². The molecule has 0 radical (unpaired) electrons. The van der Waals surface area contributed by atoms with E-state index in [9.17, 15) is 4.79 Å². The molecule has 1 aliphatic heterocycles. The number of carbonyl (C=O) groups excluding carboxylic acids is 1. The van der Waals surface area contributed by atoms with Gasteiger partial charge in [0.05, 0.1) is 5.56 Å². The SMILES string of the molecule is CC(CNC(=O)c1cccnc1NN)N1CCCC1. The van der Waals surface area contributed by atoms with Crippen LogP contribution in [0.2, 0.25) is 0 Å². The number of hydrogen-bond donors (Lipinski definition) is 3. The van der Waals surface area contributed by atoms with Crippen LogP contribution in [0.25, 0.3) is 0 Å². The number of nitrogens with zero attached hydrogens (tertiary/aromatic N) is 2. The highest BCUT2D eigenvalue weighted by Gasteiger charge is 2.19. The summed E-state index contributed by atoms with van der Waals surface area (Å²) in [5.74, 6) is 5.59. The van der Waals surface area contributed by atoms with Crippen molar-refractivity contribution >= 4 is 11.7 Å². The molecular formula is C13H21N5O. The summed E-state index contributed by atoms with van der Waals surface area (Å²) in [6.45, 7) is 5.02. The number of anilines is 1. The summed E-state index contributed by atoms with van der Waals surface area (Å²) in [5, 5.41) is 2.93. The Bertz CT molecular complexity index is 431. The Labute approximate surface area is 113 Å². The third kappa shape index (κ3) is 3.42. The van der Waals surface area contributed by atoms with Crippen LogP contribution in [0.4, 0.5) is 5.82 Å². The van der Waals surface area contributed by atoms with Gasteiger partial charge in [0.15, 0.2) is 5.82 Å². The fourth-order valence-electron chi connectivity index (χ4n) is 2.35. The number of nitrogen functional groups attached to an aromatic ring is 1. The van der Waals surface area contributed by atoms with Gasteiger partial charge in [0.25, 0.3) is 5.91 Å². The van der Waals surface area contributed by atoms with Crippen molar-refractivity contribution in [1.29, 1.82) is 0 Å². The van der Waals surface area contributed by atoms with Gasteiger partial charge in [-0.25, -0.2) is 10.8 Å². The zero-order valence-electron chi connectivity index (χ0n) is 11.2. The number of nitrogens with one attached hydrogen (secondary N) is 2. The van der Waals surface area contributed by atoms with E-state index in [1.165, 1.54) is 12.8 Å². The van der Waals surface area contributed by atoms with Crippen LogP contribution in [0.15, 0.2) is 18.3 Å². The van der Waals surface area contributed by atoms with E-state index >= 15 is 0 Å². The van der Waals surface area contributed by atoms with Gasteiger partial charge in [-0.1, -0.05) is 0 Å². The van der Waals surface area contributed by atoms with Crippen molar-refractivity contribution in [3.8, 4) is 0 Å². The molecule has 19 heavy (non-hydrogen) atoms. The topological polar surface area (TPSA) is 83.3 Å². The summed E-state index contributed by atoms with van der Waals surface area (Å²) in [7, 11) is 0. The third-order valence-electron chi connectivity index (χ3n) is 3.51. The maximum atomic E-state index is 12.1. The van der Waals surface area contributed by atoms with Crippen LogP contribution in [-0.2, 0) is 0 Å². The summed E-state index contributed by atoms with van der Waals surface area (Å²) in [4.78, 5) is 18.5. The molecule has 1 fully saturated rings. The molecule has 104 valence electrons. The molecule has 4 N–H and O–H groups in total. The maximum absolute atomic E-state index is 12.1. The highest BCUT2D eigenvalue weighted by atomic mass is 16.1. The lowest BCUT2D eigenvalue weighted by Crippen LogP contribution is -2.40. The van der Waals surface area contributed by atoms with E-state index in [0.717, 1.165) is 13.1 Å².